The molecule has 0 fully saturated rings. The van der Waals surface area contributed by atoms with Crippen LogP contribution in [0.25, 0.3) is 11.0 Å². The standard InChI is InChI=1S/C16H15N3O4S/c1-10-11-6-2-4-8-13(11)23-15(10)19-16(20)18-12-7-3-5-9-14(12)24(17,21)22/h2-9H,1H3,(H2,17,21,22)(H2,18,19,20). The largest absolute Gasteiger partial charge is 0.440 e. The van der Waals surface area contributed by atoms with Gasteiger partial charge in [0.1, 0.15) is 10.5 Å². The molecule has 24 heavy (non-hydrogen) atoms. The smallest absolute Gasteiger partial charge is 0.326 e. The minimum Gasteiger partial charge on any atom is -0.440 e. The zero-order valence-corrected chi connectivity index (χ0v) is 13.6. The number of nitrogens with one attached hydrogen (secondary N) is 2. The van der Waals surface area contributed by atoms with Gasteiger partial charge < -0.3 is 9.73 Å². The van der Waals surface area contributed by atoms with Gasteiger partial charge in [-0.3, -0.25) is 5.32 Å². The number of carbonyl (C=O) groups excluding carboxylic acids is 1. The Bertz CT molecular complexity index is 1020. The van der Waals surface area contributed by atoms with Crippen molar-refractivity contribution in [2.24, 2.45) is 5.14 Å². The van der Waals surface area contributed by atoms with Crippen molar-refractivity contribution >= 4 is 38.6 Å². The molecule has 0 unspecified atom stereocenters. The normalized spacial score (nSPS) is 11.4. The lowest BCUT2D eigenvalue weighted by Gasteiger charge is -2.09. The number of nitrogens with two attached hydrogens (primary N) is 1. The molecule has 3 aromatic rings. The van der Waals surface area contributed by atoms with E-state index in [2.05, 4.69) is 10.6 Å². The second kappa shape index (κ2) is 5.99. The maximum Gasteiger partial charge on any atom is 0.326 e. The Labute approximate surface area is 138 Å². The van der Waals surface area contributed by atoms with Crippen LogP contribution in [0.5, 0.6) is 0 Å². The van der Waals surface area contributed by atoms with E-state index >= 15 is 0 Å². The average Bonchev–Trinajstić information content (AvgIpc) is 2.83. The van der Waals surface area contributed by atoms with E-state index in [0.29, 0.717) is 11.5 Å². The van der Waals surface area contributed by atoms with Gasteiger partial charge in [-0.05, 0) is 25.1 Å². The SMILES string of the molecule is Cc1c(NC(=O)Nc2ccccc2S(N)(=O)=O)oc2ccccc12. The molecule has 1 heterocycles. The molecule has 3 rings (SSSR count). The molecule has 0 bridgehead atoms. The number of hydrogen-bond acceptors (Lipinski definition) is 4. The molecule has 0 radical (unpaired) electrons. The van der Waals surface area contributed by atoms with E-state index in [1.807, 2.05) is 25.1 Å². The predicted octanol–water partition coefficient (Wildman–Crippen LogP) is 3.03. The first-order chi connectivity index (χ1) is 11.4. The van der Waals surface area contributed by atoms with Gasteiger partial charge in [-0.1, -0.05) is 30.3 Å². The second-order valence-electron chi connectivity index (χ2n) is 5.17. The molecule has 0 saturated carbocycles. The summed E-state index contributed by atoms with van der Waals surface area (Å²) in [5.74, 6) is 0.293. The van der Waals surface area contributed by atoms with Gasteiger partial charge in [0.15, 0.2) is 0 Å². The molecule has 0 aliphatic carbocycles. The van der Waals surface area contributed by atoms with Gasteiger partial charge in [0.2, 0.25) is 15.9 Å². The first kappa shape index (κ1) is 16.0. The van der Waals surface area contributed by atoms with Crippen LogP contribution >= 0.6 is 0 Å². The summed E-state index contributed by atoms with van der Waals surface area (Å²) in [5, 5.41) is 11.1. The molecular formula is C16H15N3O4S. The average molecular weight is 345 g/mol. The summed E-state index contributed by atoms with van der Waals surface area (Å²) in [6.07, 6.45) is 0. The van der Waals surface area contributed by atoms with Crippen LogP contribution in [0.1, 0.15) is 5.56 Å². The number of hydrogen-bond donors (Lipinski definition) is 3. The summed E-state index contributed by atoms with van der Waals surface area (Å²) >= 11 is 0. The molecule has 0 spiro atoms. The van der Waals surface area contributed by atoms with Crippen LogP contribution in [0.2, 0.25) is 0 Å². The van der Waals surface area contributed by atoms with Crippen molar-refractivity contribution in [1.29, 1.82) is 0 Å². The van der Waals surface area contributed by atoms with Crippen LogP contribution in [0.3, 0.4) is 0 Å². The summed E-state index contributed by atoms with van der Waals surface area (Å²) in [7, 11) is -3.95. The number of para-hydroxylation sites is 2. The first-order valence-electron chi connectivity index (χ1n) is 7.04. The van der Waals surface area contributed by atoms with E-state index in [0.717, 1.165) is 10.9 Å². The van der Waals surface area contributed by atoms with E-state index in [4.69, 9.17) is 9.56 Å². The molecule has 2 aromatic carbocycles. The Morgan fingerprint density at radius 3 is 2.42 bits per heavy atom. The van der Waals surface area contributed by atoms with Gasteiger partial charge in [-0.25, -0.2) is 18.4 Å². The lowest BCUT2D eigenvalue weighted by Crippen LogP contribution is -2.22. The highest BCUT2D eigenvalue weighted by Crippen LogP contribution is 2.29. The number of carbonyl (C=O) groups is 1. The van der Waals surface area contributed by atoms with Crippen LogP contribution < -0.4 is 15.8 Å². The van der Waals surface area contributed by atoms with Crippen molar-refractivity contribution in [1.82, 2.24) is 0 Å². The monoisotopic (exact) mass is 345 g/mol. The fraction of sp³-hybridized carbons (Fsp3) is 0.0625. The minimum atomic E-state index is -3.95. The molecule has 0 aliphatic rings. The van der Waals surface area contributed by atoms with Gasteiger partial charge in [0.05, 0.1) is 5.69 Å². The number of primary sulfonamides is 1. The molecule has 8 heteroatoms. The molecule has 0 aliphatic heterocycles. The maximum atomic E-state index is 12.2. The van der Waals surface area contributed by atoms with E-state index in [9.17, 15) is 13.2 Å². The third-order valence-electron chi connectivity index (χ3n) is 3.51. The van der Waals surface area contributed by atoms with Crippen molar-refractivity contribution in [2.75, 3.05) is 10.6 Å². The van der Waals surface area contributed by atoms with Gasteiger partial charge in [-0.15, -0.1) is 0 Å². The zero-order valence-electron chi connectivity index (χ0n) is 12.7. The summed E-state index contributed by atoms with van der Waals surface area (Å²) in [4.78, 5) is 12.0. The van der Waals surface area contributed by atoms with Crippen molar-refractivity contribution in [2.45, 2.75) is 11.8 Å². The second-order valence-corrected chi connectivity index (χ2v) is 6.70. The fourth-order valence-electron chi connectivity index (χ4n) is 2.37. The van der Waals surface area contributed by atoms with Crippen LogP contribution in [0.15, 0.2) is 57.8 Å². The van der Waals surface area contributed by atoms with E-state index in [-0.39, 0.29) is 10.6 Å². The Balaban J connectivity index is 1.85. The molecular weight excluding hydrogens is 330 g/mol. The summed E-state index contributed by atoms with van der Waals surface area (Å²) in [6, 6.07) is 12.6. The van der Waals surface area contributed by atoms with Crippen molar-refractivity contribution in [3.63, 3.8) is 0 Å². The number of amides is 2. The zero-order chi connectivity index (χ0) is 17.3. The van der Waals surface area contributed by atoms with Crippen molar-refractivity contribution in [3.8, 4) is 0 Å². The highest BCUT2D eigenvalue weighted by Gasteiger charge is 2.17. The van der Waals surface area contributed by atoms with Crippen LogP contribution in [-0.4, -0.2) is 14.4 Å². The molecule has 0 atom stereocenters. The third-order valence-corrected chi connectivity index (χ3v) is 4.48. The topological polar surface area (TPSA) is 114 Å². The van der Waals surface area contributed by atoms with E-state index in [1.54, 1.807) is 12.1 Å². The number of rotatable bonds is 3. The Morgan fingerprint density at radius 2 is 1.71 bits per heavy atom. The fourth-order valence-corrected chi connectivity index (χ4v) is 3.06. The Kier molecular flexibility index (Phi) is 4.00. The molecule has 7 nitrogen and oxygen atoms in total. The third kappa shape index (κ3) is 3.10. The van der Waals surface area contributed by atoms with Crippen LogP contribution in [0, 0.1) is 6.92 Å². The van der Waals surface area contributed by atoms with E-state index in [1.165, 1.54) is 18.2 Å². The molecule has 1 aromatic heterocycles. The lowest BCUT2D eigenvalue weighted by molar-refractivity contribution is 0.261. The predicted molar refractivity (Wildman–Crippen MR) is 91.4 cm³/mol. The summed E-state index contributed by atoms with van der Waals surface area (Å²) in [5.41, 5.74) is 1.52. The number of aryl methyl sites for hydroxylation is 1. The summed E-state index contributed by atoms with van der Waals surface area (Å²) in [6.45, 7) is 1.82. The Hall–Kier alpha value is -2.84. The van der Waals surface area contributed by atoms with Crippen LogP contribution in [-0.2, 0) is 10.0 Å². The van der Waals surface area contributed by atoms with Crippen molar-refractivity contribution < 1.29 is 17.6 Å². The quantitative estimate of drug-likeness (QED) is 0.677. The highest BCUT2D eigenvalue weighted by atomic mass is 32.2. The number of fused-ring (bicyclic) bond motifs is 1. The van der Waals surface area contributed by atoms with Crippen molar-refractivity contribution in [3.05, 3.63) is 54.1 Å². The number of anilines is 2. The molecule has 2 amide bonds. The number of furan rings is 1. The minimum absolute atomic E-state index is 0.0891. The maximum absolute atomic E-state index is 12.2. The van der Waals surface area contributed by atoms with Gasteiger partial charge >= 0.3 is 6.03 Å². The Morgan fingerprint density at radius 1 is 1.04 bits per heavy atom. The number of urea groups is 1. The van der Waals surface area contributed by atoms with Gasteiger partial charge in [0, 0.05) is 10.9 Å². The summed E-state index contributed by atoms with van der Waals surface area (Å²) < 4.78 is 28.7. The highest BCUT2D eigenvalue weighted by molar-refractivity contribution is 7.89. The molecule has 0 saturated heterocycles. The first-order valence-corrected chi connectivity index (χ1v) is 8.59. The van der Waals surface area contributed by atoms with Crippen LogP contribution in [0.4, 0.5) is 16.4 Å². The number of sulfonamides is 1. The van der Waals surface area contributed by atoms with Gasteiger partial charge in [-0.2, -0.15) is 0 Å². The van der Waals surface area contributed by atoms with E-state index < -0.39 is 16.1 Å². The number of benzene rings is 2. The molecule has 4 N–H and O–H groups in total. The molecule has 124 valence electrons. The van der Waals surface area contributed by atoms with Gasteiger partial charge in [0.25, 0.3) is 0 Å². The lowest BCUT2D eigenvalue weighted by atomic mass is 10.2.